The molecule has 4 rings (SSSR count). The lowest BCUT2D eigenvalue weighted by Crippen LogP contribution is -2.35. The van der Waals surface area contributed by atoms with Crippen molar-refractivity contribution in [2.24, 2.45) is 0 Å². The second-order valence-corrected chi connectivity index (χ2v) is 6.50. The molecule has 0 aliphatic carbocycles. The van der Waals surface area contributed by atoms with E-state index in [2.05, 4.69) is 10.6 Å². The molecule has 0 bridgehead atoms. The van der Waals surface area contributed by atoms with Gasteiger partial charge in [0.2, 0.25) is 0 Å². The number of furan rings is 1. The molecule has 142 valence electrons. The van der Waals surface area contributed by atoms with Crippen molar-refractivity contribution in [3.8, 4) is 0 Å². The second-order valence-electron chi connectivity index (χ2n) is 6.50. The lowest BCUT2D eigenvalue weighted by molar-refractivity contribution is 0.0702. The van der Waals surface area contributed by atoms with Crippen LogP contribution in [-0.2, 0) is 13.0 Å². The fourth-order valence-electron chi connectivity index (χ4n) is 3.21. The van der Waals surface area contributed by atoms with Gasteiger partial charge in [-0.25, -0.2) is 9.18 Å². The molecule has 7 heteroatoms. The lowest BCUT2D eigenvalue weighted by atomic mass is 9.99. The maximum absolute atomic E-state index is 13.7. The Morgan fingerprint density at radius 3 is 2.64 bits per heavy atom. The molecule has 0 atom stereocenters. The molecule has 3 aromatic rings. The van der Waals surface area contributed by atoms with Crippen LogP contribution < -0.4 is 10.6 Å². The standard InChI is InChI=1S/C21H18FN3O3/c22-17-4-1-2-5-18(17)24-21(27)23-16-8-7-14-9-10-25(13-15(14)12-16)20(26)19-6-3-11-28-19/h1-8,11-12H,9-10,13H2,(H2,23,24,27). The van der Waals surface area contributed by atoms with Crippen LogP contribution in [0.3, 0.4) is 0 Å². The van der Waals surface area contributed by atoms with E-state index in [4.69, 9.17) is 4.42 Å². The summed E-state index contributed by atoms with van der Waals surface area (Å²) in [5.74, 6) is -0.358. The van der Waals surface area contributed by atoms with Crippen LogP contribution in [0.1, 0.15) is 21.7 Å². The van der Waals surface area contributed by atoms with Crippen molar-refractivity contribution >= 4 is 23.3 Å². The molecule has 1 aromatic heterocycles. The van der Waals surface area contributed by atoms with Gasteiger partial charge in [0.25, 0.3) is 5.91 Å². The minimum Gasteiger partial charge on any atom is -0.459 e. The summed E-state index contributed by atoms with van der Waals surface area (Å²) in [7, 11) is 0. The summed E-state index contributed by atoms with van der Waals surface area (Å²) < 4.78 is 18.9. The van der Waals surface area contributed by atoms with Crippen molar-refractivity contribution in [3.63, 3.8) is 0 Å². The number of carbonyl (C=O) groups is 2. The molecule has 6 nitrogen and oxygen atoms in total. The molecule has 28 heavy (non-hydrogen) atoms. The largest absolute Gasteiger partial charge is 0.459 e. The van der Waals surface area contributed by atoms with E-state index in [1.54, 1.807) is 35.2 Å². The van der Waals surface area contributed by atoms with Crippen molar-refractivity contribution in [2.75, 3.05) is 17.2 Å². The fraction of sp³-hybridized carbons (Fsp3) is 0.143. The smallest absolute Gasteiger partial charge is 0.323 e. The minimum atomic E-state index is -0.538. The van der Waals surface area contributed by atoms with E-state index in [-0.39, 0.29) is 11.6 Å². The molecule has 3 amide bonds. The summed E-state index contributed by atoms with van der Waals surface area (Å²) in [5.41, 5.74) is 2.76. The molecule has 0 spiro atoms. The van der Waals surface area contributed by atoms with Crippen LogP contribution >= 0.6 is 0 Å². The number of fused-ring (bicyclic) bond motifs is 1. The fourth-order valence-corrected chi connectivity index (χ4v) is 3.21. The monoisotopic (exact) mass is 379 g/mol. The number of anilines is 2. The molecule has 0 saturated heterocycles. The number of hydrogen-bond donors (Lipinski definition) is 2. The molecule has 2 N–H and O–H groups in total. The molecule has 0 fully saturated rings. The Balaban J connectivity index is 1.45. The number of carbonyl (C=O) groups excluding carboxylic acids is 2. The molecule has 2 heterocycles. The van der Waals surface area contributed by atoms with Crippen molar-refractivity contribution in [3.05, 3.63) is 83.6 Å². The third kappa shape index (κ3) is 3.73. The number of benzene rings is 2. The number of urea groups is 1. The van der Waals surface area contributed by atoms with Gasteiger partial charge in [0.05, 0.1) is 12.0 Å². The minimum absolute atomic E-state index is 0.105. The van der Waals surface area contributed by atoms with Gasteiger partial charge in [-0.05, 0) is 53.9 Å². The Hall–Kier alpha value is -3.61. The Kier molecular flexibility index (Phi) is 4.80. The molecule has 0 radical (unpaired) electrons. The number of nitrogens with one attached hydrogen (secondary N) is 2. The first-order chi connectivity index (χ1) is 13.6. The topological polar surface area (TPSA) is 74.6 Å². The van der Waals surface area contributed by atoms with Crippen molar-refractivity contribution in [1.82, 2.24) is 4.90 Å². The van der Waals surface area contributed by atoms with E-state index in [1.807, 2.05) is 12.1 Å². The van der Waals surface area contributed by atoms with Crippen LogP contribution in [0.4, 0.5) is 20.6 Å². The number of rotatable bonds is 3. The first kappa shape index (κ1) is 17.8. The van der Waals surface area contributed by atoms with E-state index in [1.165, 1.54) is 18.4 Å². The molecule has 0 unspecified atom stereocenters. The van der Waals surface area contributed by atoms with E-state index < -0.39 is 11.8 Å². The van der Waals surface area contributed by atoms with Crippen LogP contribution in [0.5, 0.6) is 0 Å². The number of halogens is 1. The normalized spacial score (nSPS) is 13.0. The first-order valence-electron chi connectivity index (χ1n) is 8.87. The van der Waals surface area contributed by atoms with Gasteiger partial charge in [0, 0.05) is 18.8 Å². The summed E-state index contributed by atoms with van der Waals surface area (Å²) in [4.78, 5) is 26.4. The van der Waals surface area contributed by atoms with Gasteiger partial charge in [-0.2, -0.15) is 0 Å². The van der Waals surface area contributed by atoms with Crippen LogP contribution in [0.15, 0.2) is 65.3 Å². The summed E-state index contributed by atoms with van der Waals surface area (Å²) in [6.45, 7) is 1.03. The van der Waals surface area contributed by atoms with Gasteiger partial charge >= 0.3 is 6.03 Å². The highest BCUT2D eigenvalue weighted by Gasteiger charge is 2.23. The predicted octanol–water partition coefficient (Wildman–Crippen LogP) is 4.26. The van der Waals surface area contributed by atoms with Gasteiger partial charge in [-0.3, -0.25) is 4.79 Å². The highest BCUT2D eigenvalue weighted by atomic mass is 19.1. The van der Waals surface area contributed by atoms with E-state index in [9.17, 15) is 14.0 Å². The van der Waals surface area contributed by atoms with Crippen molar-refractivity contribution in [2.45, 2.75) is 13.0 Å². The summed E-state index contributed by atoms with van der Waals surface area (Å²) in [5, 5.41) is 5.18. The SMILES string of the molecule is O=C(Nc1ccc2c(c1)CN(C(=O)c1ccco1)CC2)Nc1ccccc1F. The average molecular weight is 379 g/mol. The van der Waals surface area contributed by atoms with Crippen LogP contribution in [0, 0.1) is 5.82 Å². The second kappa shape index (κ2) is 7.56. The van der Waals surface area contributed by atoms with Gasteiger partial charge in [-0.15, -0.1) is 0 Å². The summed E-state index contributed by atoms with van der Waals surface area (Å²) in [6.07, 6.45) is 2.20. The number of amides is 3. The van der Waals surface area contributed by atoms with E-state index in [0.717, 1.165) is 17.5 Å². The van der Waals surface area contributed by atoms with Gasteiger partial charge in [-0.1, -0.05) is 18.2 Å². The highest BCUT2D eigenvalue weighted by Crippen LogP contribution is 2.24. The number of hydrogen-bond acceptors (Lipinski definition) is 3. The third-order valence-electron chi connectivity index (χ3n) is 4.62. The van der Waals surface area contributed by atoms with Gasteiger partial charge < -0.3 is 20.0 Å². The van der Waals surface area contributed by atoms with Gasteiger partial charge in [0.1, 0.15) is 5.82 Å². The van der Waals surface area contributed by atoms with E-state index >= 15 is 0 Å². The number of nitrogens with zero attached hydrogens (tertiary/aromatic N) is 1. The number of para-hydroxylation sites is 1. The molecular formula is C21H18FN3O3. The lowest BCUT2D eigenvalue weighted by Gasteiger charge is -2.28. The zero-order valence-electron chi connectivity index (χ0n) is 14.9. The Labute approximate surface area is 161 Å². The van der Waals surface area contributed by atoms with Crippen molar-refractivity contribution < 1.29 is 18.4 Å². The van der Waals surface area contributed by atoms with Crippen LogP contribution in [-0.4, -0.2) is 23.4 Å². The highest BCUT2D eigenvalue weighted by molar-refractivity contribution is 6.00. The zero-order valence-corrected chi connectivity index (χ0v) is 14.9. The molecule has 1 aliphatic rings. The molecule has 2 aromatic carbocycles. The Bertz CT molecular complexity index is 1020. The van der Waals surface area contributed by atoms with Crippen LogP contribution in [0.2, 0.25) is 0 Å². The zero-order chi connectivity index (χ0) is 19.5. The summed E-state index contributed by atoms with van der Waals surface area (Å²) in [6, 6.07) is 14.3. The van der Waals surface area contributed by atoms with Crippen LogP contribution in [0.25, 0.3) is 0 Å². The van der Waals surface area contributed by atoms with Crippen molar-refractivity contribution in [1.29, 1.82) is 0 Å². The van der Waals surface area contributed by atoms with Gasteiger partial charge in [0.15, 0.2) is 5.76 Å². The Morgan fingerprint density at radius 1 is 1.00 bits per heavy atom. The maximum atomic E-state index is 13.7. The Morgan fingerprint density at radius 2 is 1.86 bits per heavy atom. The predicted molar refractivity (Wildman–Crippen MR) is 103 cm³/mol. The van der Waals surface area contributed by atoms with E-state index in [0.29, 0.717) is 24.5 Å². The maximum Gasteiger partial charge on any atom is 0.323 e. The third-order valence-corrected chi connectivity index (χ3v) is 4.62. The molecule has 1 aliphatic heterocycles. The quantitative estimate of drug-likeness (QED) is 0.714. The molecule has 0 saturated carbocycles. The first-order valence-corrected chi connectivity index (χ1v) is 8.87. The average Bonchev–Trinajstić information content (AvgIpc) is 3.23. The molecular weight excluding hydrogens is 361 g/mol. The summed E-state index contributed by atoms with van der Waals surface area (Å²) >= 11 is 0.